The van der Waals surface area contributed by atoms with Crippen LogP contribution in [-0.2, 0) is 28.3 Å². The predicted octanol–water partition coefficient (Wildman–Crippen LogP) is 5.88. The SMILES string of the molecule is CCCNC(=O)C(Cc1ccccc1)N(Cc1ccccc1)C(=O)CSCc1c(F)cccc1Cl. The highest BCUT2D eigenvalue weighted by Gasteiger charge is 2.30. The number of rotatable bonds is 12. The van der Waals surface area contributed by atoms with E-state index in [1.807, 2.05) is 67.6 Å². The lowest BCUT2D eigenvalue weighted by Crippen LogP contribution is -2.51. The molecule has 0 aromatic heterocycles. The Kier molecular flexibility index (Phi) is 10.6. The highest BCUT2D eigenvalue weighted by Crippen LogP contribution is 2.25. The van der Waals surface area contributed by atoms with Crippen molar-refractivity contribution < 1.29 is 14.0 Å². The van der Waals surface area contributed by atoms with Crippen molar-refractivity contribution in [1.29, 1.82) is 0 Å². The van der Waals surface area contributed by atoms with Crippen molar-refractivity contribution in [1.82, 2.24) is 10.2 Å². The van der Waals surface area contributed by atoms with Crippen molar-refractivity contribution in [2.24, 2.45) is 0 Å². The quantitative estimate of drug-likeness (QED) is 0.330. The largest absolute Gasteiger partial charge is 0.354 e. The first kappa shape index (κ1) is 26.8. The molecule has 4 nitrogen and oxygen atoms in total. The van der Waals surface area contributed by atoms with Gasteiger partial charge in [-0.3, -0.25) is 9.59 Å². The normalized spacial score (nSPS) is 11.6. The van der Waals surface area contributed by atoms with Crippen LogP contribution < -0.4 is 5.32 Å². The Hall–Kier alpha value is -2.83. The zero-order valence-electron chi connectivity index (χ0n) is 19.8. The van der Waals surface area contributed by atoms with E-state index in [1.54, 1.807) is 17.0 Å². The maximum absolute atomic E-state index is 14.2. The van der Waals surface area contributed by atoms with Crippen molar-refractivity contribution in [2.75, 3.05) is 12.3 Å². The molecule has 1 N–H and O–H groups in total. The zero-order chi connectivity index (χ0) is 25.0. The predicted molar refractivity (Wildman–Crippen MR) is 142 cm³/mol. The molecule has 0 saturated heterocycles. The molecule has 7 heteroatoms. The minimum atomic E-state index is -0.672. The molecule has 1 unspecified atom stereocenters. The summed E-state index contributed by atoms with van der Waals surface area (Å²) < 4.78 is 14.2. The van der Waals surface area contributed by atoms with Gasteiger partial charge in [0.2, 0.25) is 11.8 Å². The van der Waals surface area contributed by atoms with E-state index in [9.17, 15) is 14.0 Å². The van der Waals surface area contributed by atoms with Gasteiger partial charge < -0.3 is 10.2 Å². The van der Waals surface area contributed by atoms with Crippen molar-refractivity contribution in [3.63, 3.8) is 0 Å². The van der Waals surface area contributed by atoms with Gasteiger partial charge in [-0.25, -0.2) is 4.39 Å². The lowest BCUT2D eigenvalue weighted by molar-refractivity contribution is -0.139. The molecule has 0 spiro atoms. The van der Waals surface area contributed by atoms with Gasteiger partial charge in [0.05, 0.1) is 5.75 Å². The molecule has 0 fully saturated rings. The summed E-state index contributed by atoms with van der Waals surface area (Å²) in [5, 5.41) is 3.30. The first-order chi connectivity index (χ1) is 17.0. The molecule has 2 amide bonds. The highest BCUT2D eigenvalue weighted by atomic mass is 35.5. The lowest BCUT2D eigenvalue weighted by atomic mass is 10.0. The molecule has 0 aliphatic heterocycles. The van der Waals surface area contributed by atoms with Crippen LogP contribution in [0.5, 0.6) is 0 Å². The van der Waals surface area contributed by atoms with Crippen LogP contribution in [0.15, 0.2) is 78.9 Å². The monoisotopic (exact) mass is 512 g/mol. The average molecular weight is 513 g/mol. The summed E-state index contributed by atoms with van der Waals surface area (Å²) in [4.78, 5) is 28.4. The van der Waals surface area contributed by atoms with Crippen LogP contribution >= 0.6 is 23.4 Å². The maximum atomic E-state index is 14.2. The Morgan fingerprint density at radius 3 is 2.26 bits per heavy atom. The highest BCUT2D eigenvalue weighted by molar-refractivity contribution is 7.99. The number of carbonyl (C=O) groups is 2. The van der Waals surface area contributed by atoms with Gasteiger partial charge in [-0.1, -0.05) is 85.3 Å². The van der Waals surface area contributed by atoms with Crippen LogP contribution in [0.25, 0.3) is 0 Å². The van der Waals surface area contributed by atoms with E-state index >= 15 is 0 Å². The van der Waals surface area contributed by atoms with Gasteiger partial charge in [-0.05, 0) is 29.7 Å². The number of carbonyl (C=O) groups excluding carboxylic acids is 2. The van der Waals surface area contributed by atoms with Gasteiger partial charge in [-0.2, -0.15) is 0 Å². The molecule has 3 rings (SSSR count). The number of nitrogens with zero attached hydrogens (tertiary/aromatic N) is 1. The van der Waals surface area contributed by atoms with E-state index in [1.165, 1.54) is 17.8 Å². The summed E-state index contributed by atoms with van der Waals surface area (Å²) >= 11 is 7.43. The summed E-state index contributed by atoms with van der Waals surface area (Å²) in [6.07, 6.45) is 1.20. The number of hydrogen-bond donors (Lipinski definition) is 1. The summed E-state index contributed by atoms with van der Waals surface area (Å²) in [6, 6.07) is 23.2. The molecular weight excluding hydrogens is 483 g/mol. The van der Waals surface area contributed by atoms with E-state index in [2.05, 4.69) is 5.32 Å². The third-order valence-electron chi connectivity index (χ3n) is 5.55. The number of nitrogens with one attached hydrogen (secondary N) is 1. The van der Waals surface area contributed by atoms with Gasteiger partial charge in [0, 0.05) is 35.8 Å². The second-order valence-corrected chi connectivity index (χ2v) is 9.59. The van der Waals surface area contributed by atoms with Crippen LogP contribution in [0.3, 0.4) is 0 Å². The Morgan fingerprint density at radius 1 is 0.971 bits per heavy atom. The minimum Gasteiger partial charge on any atom is -0.354 e. The van der Waals surface area contributed by atoms with Gasteiger partial charge in [0.25, 0.3) is 0 Å². The van der Waals surface area contributed by atoms with Gasteiger partial charge in [0.1, 0.15) is 11.9 Å². The third kappa shape index (κ3) is 8.11. The van der Waals surface area contributed by atoms with Crippen LogP contribution in [-0.4, -0.2) is 35.1 Å². The number of halogens is 2. The molecule has 184 valence electrons. The van der Waals surface area contributed by atoms with Crippen molar-refractivity contribution >= 4 is 35.2 Å². The van der Waals surface area contributed by atoms with E-state index < -0.39 is 6.04 Å². The fourth-order valence-electron chi connectivity index (χ4n) is 3.69. The molecule has 3 aromatic rings. The average Bonchev–Trinajstić information content (AvgIpc) is 2.87. The van der Waals surface area contributed by atoms with Crippen molar-refractivity contribution in [3.8, 4) is 0 Å². The number of thioether (sulfide) groups is 1. The van der Waals surface area contributed by atoms with Crippen LogP contribution in [0.4, 0.5) is 4.39 Å². The number of benzene rings is 3. The Bertz CT molecular complexity index is 1080. The molecule has 0 bridgehead atoms. The zero-order valence-corrected chi connectivity index (χ0v) is 21.3. The molecule has 0 heterocycles. The number of amides is 2. The van der Waals surface area contributed by atoms with Crippen LogP contribution in [0.2, 0.25) is 5.02 Å². The molecule has 1 atom stereocenters. The van der Waals surface area contributed by atoms with Crippen LogP contribution in [0, 0.1) is 5.82 Å². The van der Waals surface area contributed by atoms with Gasteiger partial charge in [0.15, 0.2) is 0 Å². The Morgan fingerprint density at radius 2 is 1.63 bits per heavy atom. The van der Waals surface area contributed by atoms with Crippen LogP contribution in [0.1, 0.15) is 30.0 Å². The Balaban J connectivity index is 1.82. The smallest absolute Gasteiger partial charge is 0.243 e. The Labute approximate surface area is 215 Å². The molecule has 0 aliphatic carbocycles. The summed E-state index contributed by atoms with van der Waals surface area (Å²) in [7, 11) is 0. The maximum Gasteiger partial charge on any atom is 0.243 e. The van der Waals surface area contributed by atoms with E-state index in [0.717, 1.165) is 17.5 Å². The van der Waals surface area contributed by atoms with E-state index in [-0.39, 0.29) is 29.1 Å². The van der Waals surface area contributed by atoms with Gasteiger partial charge >= 0.3 is 0 Å². The first-order valence-electron chi connectivity index (χ1n) is 11.6. The molecule has 35 heavy (non-hydrogen) atoms. The fraction of sp³-hybridized carbons (Fsp3) is 0.286. The summed E-state index contributed by atoms with van der Waals surface area (Å²) in [6.45, 7) is 2.83. The molecular formula is C28H30ClFN2O2S. The molecule has 3 aromatic carbocycles. The molecule has 0 saturated carbocycles. The number of hydrogen-bond acceptors (Lipinski definition) is 3. The van der Waals surface area contributed by atoms with Crippen molar-refractivity contribution in [2.45, 2.75) is 38.1 Å². The minimum absolute atomic E-state index is 0.101. The van der Waals surface area contributed by atoms with Gasteiger partial charge in [-0.15, -0.1) is 11.8 Å². The second kappa shape index (κ2) is 13.9. The lowest BCUT2D eigenvalue weighted by Gasteiger charge is -2.31. The van der Waals surface area contributed by atoms with Crippen molar-refractivity contribution in [3.05, 3.63) is 106 Å². The fourth-order valence-corrected chi connectivity index (χ4v) is 4.94. The second-order valence-electron chi connectivity index (χ2n) is 8.20. The summed E-state index contributed by atoms with van der Waals surface area (Å²) in [5.74, 6) is -0.383. The van der Waals surface area contributed by atoms with E-state index in [0.29, 0.717) is 30.1 Å². The first-order valence-corrected chi connectivity index (χ1v) is 13.2. The summed E-state index contributed by atoms with van der Waals surface area (Å²) in [5.41, 5.74) is 2.29. The molecule has 0 aliphatic rings. The van der Waals surface area contributed by atoms with E-state index in [4.69, 9.17) is 11.6 Å². The topological polar surface area (TPSA) is 49.4 Å². The molecule has 0 radical (unpaired) electrons. The standard InChI is InChI=1S/C28H30ClFN2O2S/c1-2-16-31-28(34)26(17-21-10-5-3-6-11-21)32(18-22-12-7-4-8-13-22)27(33)20-35-19-23-24(29)14-9-15-25(23)30/h3-15,26H,2,16-20H2,1H3,(H,31,34). The third-order valence-corrected chi connectivity index (χ3v) is 6.85.